The number of hydrogen-bond donors (Lipinski definition) is 1. The number of nitrogens with zero attached hydrogens (tertiary/aromatic N) is 3. The highest BCUT2D eigenvalue weighted by Crippen LogP contribution is 2.23. The van der Waals surface area contributed by atoms with Crippen LogP contribution in [0.3, 0.4) is 0 Å². The normalized spacial score (nSPS) is 10.7. The number of thioether (sulfide) groups is 1. The molecule has 2 aromatic carbocycles. The Kier molecular flexibility index (Phi) is 7.35. The van der Waals surface area contributed by atoms with Gasteiger partial charge in [-0.1, -0.05) is 36.9 Å². The Morgan fingerprint density at radius 1 is 1.13 bits per heavy atom. The van der Waals surface area contributed by atoms with Crippen LogP contribution in [0.15, 0.2) is 47.6 Å². The first-order valence-corrected chi connectivity index (χ1v) is 10.7. The summed E-state index contributed by atoms with van der Waals surface area (Å²) >= 11 is 1.35. The van der Waals surface area contributed by atoms with E-state index in [1.165, 1.54) is 11.8 Å². The van der Waals surface area contributed by atoms with E-state index < -0.39 is 0 Å². The number of nitrogens with one attached hydrogen (secondary N) is 1. The minimum Gasteiger partial charge on any atom is -0.497 e. The molecule has 1 aromatic heterocycles. The van der Waals surface area contributed by atoms with E-state index in [0.29, 0.717) is 11.0 Å². The molecule has 0 unspecified atom stereocenters. The Labute approximate surface area is 180 Å². The van der Waals surface area contributed by atoms with Crippen molar-refractivity contribution in [1.29, 1.82) is 0 Å². The van der Waals surface area contributed by atoms with E-state index in [1.54, 1.807) is 7.11 Å². The van der Waals surface area contributed by atoms with Crippen molar-refractivity contribution in [3.63, 3.8) is 0 Å². The average molecular weight is 427 g/mol. The molecule has 0 aliphatic rings. The molecule has 0 aliphatic heterocycles. The third kappa shape index (κ3) is 5.33. The van der Waals surface area contributed by atoms with Crippen LogP contribution in [0.2, 0.25) is 0 Å². The number of anilines is 1. The fourth-order valence-electron chi connectivity index (χ4n) is 2.92. The highest BCUT2D eigenvalue weighted by molar-refractivity contribution is 7.99. The molecule has 0 bridgehead atoms. The van der Waals surface area contributed by atoms with Crippen LogP contribution in [0.1, 0.15) is 23.9 Å². The number of amides is 1. The summed E-state index contributed by atoms with van der Waals surface area (Å²) in [6.45, 7) is 4.36. The van der Waals surface area contributed by atoms with E-state index in [1.807, 2.05) is 61.0 Å². The zero-order chi connectivity index (χ0) is 21.5. The molecule has 0 spiro atoms. The maximum atomic E-state index is 12.5. The molecule has 158 valence electrons. The van der Waals surface area contributed by atoms with Gasteiger partial charge in [0.15, 0.2) is 11.0 Å². The summed E-state index contributed by atoms with van der Waals surface area (Å²) in [6.07, 6.45) is 0.866. The first kappa shape index (κ1) is 21.7. The van der Waals surface area contributed by atoms with Gasteiger partial charge in [0.05, 0.1) is 12.9 Å². The van der Waals surface area contributed by atoms with Gasteiger partial charge in [0.25, 0.3) is 0 Å². The molecular formula is C22H26N4O3S. The summed E-state index contributed by atoms with van der Waals surface area (Å²) in [4.78, 5) is 12.5. The van der Waals surface area contributed by atoms with Crippen LogP contribution in [0, 0.1) is 6.92 Å². The second-order valence-corrected chi connectivity index (χ2v) is 7.66. The second-order valence-electron chi connectivity index (χ2n) is 6.72. The molecule has 0 atom stereocenters. The Balaban J connectivity index is 1.55. The molecule has 3 aromatic rings. The summed E-state index contributed by atoms with van der Waals surface area (Å²) in [6, 6.07) is 13.4. The SMILES string of the molecule is CCc1cccc(C)c1NC(=O)CSc1nnc(COc2ccc(OC)cc2)n1C. The zero-order valence-electron chi connectivity index (χ0n) is 17.6. The van der Waals surface area contributed by atoms with Crippen LogP contribution in [-0.4, -0.2) is 33.5 Å². The standard InChI is InChI=1S/C22H26N4O3S/c1-5-16-8-6-7-15(2)21(16)23-20(27)14-30-22-25-24-19(26(22)3)13-29-18-11-9-17(28-4)10-12-18/h6-12H,5,13-14H2,1-4H3,(H,23,27). The summed E-state index contributed by atoms with van der Waals surface area (Å²) in [5.74, 6) is 2.36. The quantitative estimate of drug-likeness (QED) is 0.521. The number of carbonyl (C=O) groups excluding carboxylic acids is 1. The Morgan fingerprint density at radius 2 is 1.87 bits per heavy atom. The molecule has 0 saturated heterocycles. The molecule has 30 heavy (non-hydrogen) atoms. The van der Waals surface area contributed by atoms with Gasteiger partial charge in [-0.3, -0.25) is 4.79 Å². The van der Waals surface area contributed by atoms with Gasteiger partial charge in [0, 0.05) is 12.7 Å². The molecule has 0 fully saturated rings. The largest absolute Gasteiger partial charge is 0.497 e. The van der Waals surface area contributed by atoms with E-state index in [9.17, 15) is 4.79 Å². The lowest BCUT2D eigenvalue weighted by atomic mass is 10.1. The number of methoxy groups -OCH3 is 1. The average Bonchev–Trinajstić information content (AvgIpc) is 3.12. The Bertz CT molecular complexity index is 1000. The van der Waals surface area contributed by atoms with Crippen molar-refractivity contribution in [2.45, 2.75) is 32.0 Å². The number of aromatic nitrogens is 3. The van der Waals surface area contributed by atoms with Gasteiger partial charge in [-0.15, -0.1) is 10.2 Å². The molecule has 0 radical (unpaired) electrons. The minimum absolute atomic E-state index is 0.0666. The lowest BCUT2D eigenvalue weighted by Gasteiger charge is -2.12. The summed E-state index contributed by atoms with van der Waals surface area (Å²) in [7, 11) is 3.49. The van der Waals surface area contributed by atoms with Gasteiger partial charge >= 0.3 is 0 Å². The van der Waals surface area contributed by atoms with Gasteiger partial charge in [-0.2, -0.15) is 0 Å². The zero-order valence-corrected chi connectivity index (χ0v) is 18.5. The third-order valence-electron chi connectivity index (χ3n) is 4.69. The number of carbonyl (C=O) groups is 1. The predicted molar refractivity (Wildman–Crippen MR) is 118 cm³/mol. The topological polar surface area (TPSA) is 78.3 Å². The first-order valence-electron chi connectivity index (χ1n) is 9.68. The van der Waals surface area contributed by atoms with Crippen LogP contribution in [-0.2, 0) is 24.9 Å². The highest BCUT2D eigenvalue weighted by Gasteiger charge is 2.14. The van der Waals surface area contributed by atoms with Crippen molar-refractivity contribution in [1.82, 2.24) is 14.8 Å². The number of aryl methyl sites for hydroxylation is 2. The summed E-state index contributed by atoms with van der Waals surface area (Å²) in [5.41, 5.74) is 3.09. The van der Waals surface area contributed by atoms with Crippen molar-refractivity contribution in [2.75, 3.05) is 18.2 Å². The molecule has 0 aliphatic carbocycles. The third-order valence-corrected chi connectivity index (χ3v) is 5.71. The molecule has 1 heterocycles. The number of benzene rings is 2. The first-order chi connectivity index (χ1) is 14.5. The fourth-order valence-corrected chi connectivity index (χ4v) is 3.65. The second kappa shape index (κ2) is 10.2. The van der Waals surface area contributed by atoms with E-state index in [-0.39, 0.29) is 18.3 Å². The van der Waals surface area contributed by atoms with Gasteiger partial charge in [-0.25, -0.2) is 0 Å². The molecule has 8 heteroatoms. The molecule has 7 nitrogen and oxygen atoms in total. The lowest BCUT2D eigenvalue weighted by molar-refractivity contribution is -0.113. The van der Waals surface area contributed by atoms with E-state index >= 15 is 0 Å². The predicted octanol–water partition coefficient (Wildman–Crippen LogP) is 4.00. The smallest absolute Gasteiger partial charge is 0.234 e. The number of hydrogen-bond acceptors (Lipinski definition) is 6. The van der Waals surface area contributed by atoms with Gasteiger partial charge < -0.3 is 19.4 Å². The van der Waals surface area contributed by atoms with Crippen LogP contribution >= 0.6 is 11.8 Å². The van der Waals surface area contributed by atoms with Crippen molar-refractivity contribution < 1.29 is 14.3 Å². The highest BCUT2D eigenvalue weighted by atomic mass is 32.2. The molecule has 1 N–H and O–H groups in total. The van der Waals surface area contributed by atoms with Crippen molar-refractivity contribution in [3.8, 4) is 11.5 Å². The van der Waals surface area contributed by atoms with Gasteiger partial charge in [0.1, 0.15) is 18.1 Å². The van der Waals surface area contributed by atoms with E-state index in [4.69, 9.17) is 9.47 Å². The Morgan fingerprint density at radius 3 is 2.57 bits per heavy atom. The number of para-hydroxylation sites is 1. The summed E-state index contributed by atoms with van der Waals surface area (Å²) in [5, 5.41) is 12.1. The van der Waals surface area contributed by atoms with Crippen LogP contribution < -0.4 is 14.8 Å². The van der Waals surface area contributed by atoms with Crippen molar-refractivity contribution in [3.05, 3.63) is 59.4 Å². The van der Waals surface area contributed by atoms with Crippen LogP contribution in [0.4, 0.5) is 5.69 Å². The maximum Gasteiger partial charge on any atom is 0.234 e. The Hall–Kier alpha value is -3.00. The molecule has 1 amide bonds. The lowest BCUT2D eigenvalue weighted by Crippen LogP contribution is -2.16. The molecular weight excluding hydrogens is 400 g/mol. The fraction of sp³-hybridized carbons (Fsp3) is 0.318. The monoisotopic (exact) mass is 426 g/mol. The van der Waals surface area contributed by atoms with E-state index in [0.717, 1.165) is 34.7 Å². The van der Waals surface area contributed by atoms with Gasteiger partial charge in [0.2, 0.25) is 5.91 Å². The van der Waals surface area contributed by atoms with E-state index in [2.05, 4.69) is 22.4 Å². The van der Waals surface area contributed by atoms with Crippen molar-refractivity contribution >= 4 is 23.4 Å². The summed E-state index contributed by atoms with van der Waals surface area (Å²) < 4.78 is 12.7. The van der Waals surface area contributed by atoms with Crippen LogP contribution in [0.25, 0.3) is 0 Å². The molecule has 3 rings (SSSR count). The van der Waals surface area contributed by atoms with Crippen molar-refractivity contribution in [2.24, 2.45) is 7.05 Å². The number of ether oxygens (including phenoxy) is 2. The maximum absolute atomic E-state index is 12.5. The molecule has 0 saturated carbocycles. The number of rotatable bonds is 9. The van der Waals surface area contributed by atoms with Gasteiger partial charge in [-0.05, 0) is 48.7 Å². The van der Waals surface area contributed by atoms with Crippen LogP contribution in [0.5, 0.6) is 11.5 Å². The minimum atomic E-state index is -0.0666.